The highest BCUT2D eigenvalue weighted by atomic mass is 32.1. The van der Waals surface area contributed by atoms with Crippen LogP contribution in [0.2, 0.25) is 0 Å². The van der Waals surface area contributed by atoms with E-state index in [1.165, 1.54) is 9.89 Å². The summed E-state index contributed by atoms with van der Waals surface area (Å²) in [6.45, 7) is 3.94. The van der Waals surface area contributed by atoms with Gasteiger partial charge in [0.15, 0.2) is 0 Å². The number of amides is 1. The maximum absolute atomic E-state index is 12.8. The number of benzene rings is 2. The number of carbonyl (C=O) groups is 1. The summed E-state index contributed by atoms with van der Waals surface area (Å²) in [6, 6.07) is 18.2. The summed E-state index contributed by atoms with van der Waals surface area (Å²) in [5.41, 5.74) is 2.20. The lowest BCUT2D eigenvalue weighted by Crippen LogP contribution is -2.21. The molecule has 1 aliphatic rings. The van der Waals surface area contributed by atoms with Crippen molar-refractivity contribution in [3.8, 4) is 0 Å². The smallest absolute Gasteiger partial charge is 0.267 e. The number of anilines is 1. The molecule has 0 saturated carbocycles. The van der Waals surface area contributed by atoms with Gasteiger partial charge in [-0.3, -0.25) is 4.79 Å². The van der Waals surface area contributed by atoms with E-state index in [-0.39, 0.29) is 5.91 Å². The summed E-state index contributed by atoms with van der Waals surface area (Å²) in [7, 11) is 0. The molecular weight excluding hydrogens is 316 g/mol. The highest BCUT2D eigenvalue weighted by Crippen LogP contribution is 2.29. The fraction of sp³-hybridized carbons (Fsp3) is 0.100. The van der Waals surface area contributed by atoms with Crippen molar-refractivity contribution >= 4 is 45.5 Å². The molecule has 0 N–H and O–H groups in total. The first-order valence-corrected chi connectivity index (χ1v) is 8.60. The Morgan fingerprint density at radius 3 is 2.54 bits per heavy atom. The first-order chi connectivity index (χ1) is 11.6. The summed E-state index contributed by atoms with van der Waals surface area (Å²) >= 11 is 1.68. The summed E-state index contributed by atoms with van der Waals surface area (Å²) < 4.78 is 0. The number of hydrogen-bond acceptors (Lipinski definition) is 3. The minimum Gasteiger partial charge on any atom is -0.267 e. The van der Waals surface area contributed by atoms with Gasteiger partial charge in [-0.05, 0) is 55.0 Å². The van der Waals surface area contributed by atoms with Crippen LogP contribution in [0.5, 0.6) is 0 Å². The molecule has 0 fully saturated rings. The number of fused-ring (bicyclic) bond motifs is 1. The Morgan fingerprint density at radius 1 is 1.00 bits per heavy atom. The Labute approximate surface area is 144 Å². The molecule has 0 bridgehead atoms. The third-order valence-corrected chi connectivity index (χ3v) is 5.04. The van der Waals surface area contributed by atoms with Crippen LogP contribution in [0.25, 0.3) is 16.8 Å². The van der Waals surface area contributed by atoms with Crippen molar-refractivity contribution in [3.63, 3.8) is 0 Å². The zero-order chi connectivity index (χ0) is 16.7. The van der Waals surface area contributed by atoms with Crippen molar-refractivity contribution in [1.29, 1.82) is 0 Å². The number of hydrazone groups is 1. The van der Waals surface area contributed by atoms with Gasteiger partial charge in [0.05, 0.1) is 17.0 Å². The van der Waals surface area contributed by atoms with Gasteiger partial charge in [-0.15, -0.1) is 11.3 Å². The Kier molecular flexibility index (Phi) is 3.54. The van der Waals surface area contributed by atoms with E-state index in [0.717, 1.165) is 27.0 Å². The molecule has 0 unspecified atom stereocenters. The highest BCUT2D eigenvalue weighted by Gasteiger charge is 2.28. The SMILES string of the molecule is CC1=NN(c2ccc3ccccc3c2)C(=O)/C1=C/c1ccc(C)s1. The lowest BCUT2D eigenvalue weighted by Gasteiger charge is -2.12. The molecule has 24 heavy (non-hydrogen) atoms. The van der Waals surface area contributed by atoms with E-state index in [2.05, 4.69) is 24.2 Å². The monoisotopic (exact) mass is 332 g/mol. The van der Waals surface area contributed by atoms with E-state index >= 15 is 0 Å². The molecule has 1 aliphatic heterocycles. The second-order valence-electron chi connectivity index (χ2n) is 5.84. The molecule has 1 amide bonds. The Balaban J connectivity index is 1.72. The summed E-state index contributed by atoms with van der Waals surface area (Å²) in [5, 5.41) is 8.21. The van der Waals surface area contributed by atoms with E-state index in [1.54, 1.807) is 11.3 Å². The Morgan fingerprint density at radius 2 is 1.79 bits per heavy atom. The minimum atomic E-state index is -0.0752. The van der Waals surface area contributed by atoms with Crippen LogP contribution in [-0.2, 0) is 4.79 Å². The average molecular weight is 332 g/mol. The molecule has 0 radical (unpaired) electrons. The van der Waals surface area contributed by atoms with Crippen molar-refractivity contribution in [3.05, 3.63) is 69.9 Å². The average Bonchev–Trinajstić information content (AvgIpc) is 3.12. The number of nitrogens with zero attached hydrogens (tertiary/aromatic N) is 2. The van der Waals surface area contributed by atoms with E-state index in [0.29, 0.717) is 5.57 Å². The van der Waals surface area contributed by atoms with Gasteiger partial charge in [0.2, 0.25) is 0 Å². The zero-order valence-electron chi connectivity index (χ0n) is 13.5. The molecular formula is C20H16N2OS. The Bertz CT molecular complexity index is 1010. The fourth-order valence-corrected chi connectivity index (χ4v) is 3.66. The van der Waals surface area contributed by atoms with Crippen LogP contribution < -0.4 is 5.01 Å². The van der Waals surface area contributed by atoms with Gasteiger partial charge in [0.25, 0.3) is 5.91 Å². The predicted molar refractivity (Wildman–Crippen MR) is 102 cm³/mol. The van der Waals surface area contributed by atoms with Crippen LogP contribution in [0.3, 0.4) is 0 Å². The first kappa shape index (κ1) is 14.8. The summed E-state index contributed by atoms with van der Waals surface area (Å²) in [4.78, 5) is 15.1. The first-order valence-electron chi connectivity index (χ1n) is 7.79. The number of rotatable bonds is 2. The third-order valence-electron chi connectivity index (χ3n) is 4.09. The molecule has 0 atom stereocenters. The van der Waals surface area contributed by atoms with E-state index < -0.39 is 0 Å². The quantitative estimate of drug-likeness (QED) is 0.607. The van der Waals surface area contributed by atoms with Crippen LogP contribution in [0.15, 0.2) is 65.3 Å². The topological polar surface area (TPSA) is 32.7 Å². The molecule has 0 aliphatic carbocycles. The van der Waals surface area contributed by atoms with Crippen LogP contribution in [0.1, 0.15) is 16.7 Å². The third kappa shape index (κ3) is 2.55. The lowest BCUT2D eigenvalue weighted by atomic mass is 10.1. The van der Waals surface area contributed by atoms with Gasteiger partial charge >= 0.3 is 0 Å². The highest BCUT2D eigenvalue weighted by molar-refractivity contribution is 7.12. The molecule has 0 spiro atoms. The maximum Gasteiger partial charge on any atom is 0.280 e. The largest absolute Gasteiger partial charge is 0.280 e. The van der Waals surface area contributed by atoms with Gasteiger partial charge in [-0.25, -0.2) is 0 Å². The van der Waals surface area contributed by atoms with Crippen molar-refractivity contribution in [1.82, 2.24) is 0 Å². The van der Waals surface area contributed by atoms with Crippen LogP contribution >= 0.6 is 11.3 Å². The van der Waals surface area contributed by atoms with Crippen molar-refractivity contribution < 1.29 is 4.79 Å². The molecule has 4 heteroatoms. The van der Waals surface area contributed by atoms with E-state index in [4.69, 9.17) is 0 Å². The Hall–Kier alpha value is -2.72. The molecule has 3 aromatic rings. The molecule has 0 saturated heterocycles. The second kappa shape index (κ2) is 5.73. The summed E-state index contributed by atoms with van der Waals surface area (Å²) in [5.74, 6) is -0.0752. The predicted octanol–water partition coefficient (Wildman–Crippen LogP) is 5.02. The van der Waals surface area contributed by atoms with Gasteiger partial charge < -0.3 is 0 Å². The zero-order valence-corrected chi connectivity index (χ0v) is 14.3. The lowest BCUT2D eigenvalue weighted by molar-refractivity contribution is -0.114. The van der Waals surface area contributed by atoms with E-state index in [1.807, 2.05) is 55.5 Å². The van der Waals surface area contributed by atoms with Gasteiger partial charge in [-0.1, -0.05) is 30.3 Å². The molecule has 2 heterocycles. The van der Waals surface area contributed by atoms with Crippen LogP contribution in [-0.4, -0.2) is 11.6 Å². The molecule has 118 valence electrons. The second-order valence-corrected chi connectivity index (χ2v) is 7.16. The van der Waals surface area contributed by atoms with Gasteiger partial charge in [0, 0.05) is 9.75 Å². The minimum absolute atomic E-state index is 0.0752. The van der Waals surface area contributed by atoms with Gasteiger partial charge in [-0.2, -0.15) is 10.1 Å². The summed E-state index contributed by atoms with van der Waals surface area (Å²) in [6.07, 6.45) is 1.93. The number of aryl methyl sites for hydroxylation is 1. The van der Waals surface area contributed by atoms with E-state index in [9.17, 15) is 4.79 Å². The fourth-order valence-electron chi connectivity index (χ4n) is 2.84. The van der Waals surface area contributed by atoms with Crippen molar-refractivity contribution in [2.75, 3.05) is 5.01 Å². The van der Waals surface area contributed by atoms with Crippen LogP contribution in [0, 0.1) is 6.92 Å². The van der Waals surface area contributed by atoms with Crippen LogP contribution in [0.4, 0.5) is 5.69 Å². The molecule has 3 nitrogen and oxygen atoms in total. The van der Waals surface area contributed by atoms with Gasteiger partial charge in [0.1, 0.15) is 0 Å². The number of carbonyl (C=O) groups excluding carboxylic acids is 1. The molecule has 1 aromatic heterocycles. The molecule has 4 rings (SSSR count). The van der Waals surface area contributed by atoms with Crippen molar-refractivity contribution in [2.45, 2.75) is 13.8 Å². The standard InChI is InChI=1S/C20H16N2OS/c1-13-7-10-18(24-13)12-19-14(2)21-22(20(19)23)17-9-8-15-5-3-4-6-16(15)11-17/h3-12H,1-2H3/b19-12+. The number of thiophene rings is 1. The van der Waals surface area contributed by atoms with Crippen molar-refractivity contribution in [2.24, 2.45) is 5.10 Å². The molecule has 2 aromatic carbocycles. The maximum atomic E-state index is 12.8. The normalized spacial score (nSPS) is 16.2. The number of hydrogen-bond donors (Lipinski definition) is 0.